The minimum atomic E-state index is -0.666. The zero-order valence-corrected chi connectivity index (χ0v) is 20.1. The number of carbonyl (C=O) groups excluding carboxylic acids is 2. The fraction of sp³-hybridized carbons (Fsp3) is 0.333. The lowest BCUT2D eigenvalue weighted by atomic mass is 9.98. The summed E-state index contributed by atoms with van der Waals surface area (Å²) in [5, 5.41) is 7.36. The number of methoxy groups -OCH3 is 1. The van der Waals surface area contributed by atoms with Crippen LogP contribution < -0.4 is 5.32 Å². The van der Waals surface area contributed by atoms with Gasteiger partial charge in [0.25, 0.3) is 0 Å². The highest BCUT2D eigenvalue weighted by atomic mass is 32.1. The van der Waals surface area contributed by atoms with Crippen molar-refractivity contribution >= 4 is 23.3 Å². The van der Waals surface area contributed by atoms with E-state index < -0.39 is 18.1 Å². The lowest BCUT2D eigenvalue weighted by molar-refractivity contribution is -0.149. The van der Waals surface area contributed by atoms with Crippen molar-refractivity contribution < 1.29 is 19.1 Å². The highest BCUT2D eigenvalue weighted by Gasteiger charge is 2.29. The molecule has 0 saturated carbocycles. The molecule has 0 amide bonds. The minimum Gasteiger partial charge on any atom is -0.468 e. The molecule has 1 heterocycles. The van der Waals surface area contributed by atoms with Crippen LogP contribution in [0.25, 0.3) is 11.1 Å². The van der Waals surface area contributed by atoms with Gasteiger partial charge in [0, 0.05) is 0 Å². The second kappa shape index (κ2) is 12.3. The van der Waals surface area contributed by atoms with Crippen LogP contribution in [0.15, 0.2) is 71.4 Å². The number of rotatable bonds is 11. The number of esters is 2. The molecule has 1 N–H and O–H groups in total. The molecular weight excluding hydrogens is 434 g/mol. The summed E-state index contributed by atoms with van der Waals surface area (Å²) in [7, 11) is 1.37. The van der Waals surface area contributed by atoms with Gasteiger partial charge in [-0.3, -0.25) is 14.9 Å². The number of hydrogen-bond donors (Lipinski definition) is 1. The Labute approximate surface area is 199 Å². The lowest BCUT2D eigenvalue weighted by Gasteiger charge is -2.24. The average molecular weight is 466 g/mol. The zero-order chi connectivity index (χ0) is 23.6. The van der Waals surface area contributed by atoms with Gasteiger partial charge >= 0.3 is 11.9 Å². The smallest absolute Gasteiger partial charge is 0.323 e. The van der Waals surface area contributed by atoms with E-state index in [9.17, 15) is 9.59 Å². The van der Waals surface area contributed by atoms with Crippen LogP contribution in [0.4, 0.5) is 0 Å². The molecule has 0 bridgehead atoms. The predicted molar refractivity (Wildman–Crippen MR) is 132 cm³/mol. The number of benzene rings is 2. The van der Waals surface area contributed by atoms with Gasteiger partial charge in [0.1, 0.15) is 18.7 Å². The first-order valence-corrected chi connectivity index (χ1v) is 12.1. The van der Waals surface area contributed by atoms with Crippen LogP contribution in [0.1, 0.15) is 31.4 Å². The largest absolute Gasteiger partial charge is 0.468 e. The molecule has 1 aromatic heterocycles. The maximum Gasteiger partial charge on any atom is 0.323 e. The van der Waals surface area contributed by atoms with Crippen LogP contribution in [0.5, 0.6) is 0 Å². The van der Waals surface area contributed by atoms with E-state index in [4.69, 9.17) is 9.47 Å². The number of nitrogens with one attached hydrogen (secondary N) is 1. The maximum atomic E-state index is 12.9. The van der Waals surface area contributed by atoms with E-state index in [0.29, 0.717) is 12.8 Å². The van der Waals surface area contributed by atoms with E-state index in [-0.39, 0.29) is 18.5 Å². The van der Waals surface area contributed by atoms with Crippen molar-refractivity contribution in [3.63, 3.8) is 0 Å². The lowest BCUT2D eigenvalue weighted by Crippen LogP contribution is -2.49. The third-order valence-electron chi connectivity index (χ3n) is 5.32. The van der Waals surface area contributed by atoms with Gasteiger partial charge in [-0.15, -0.1) is 0 Å². The van der Waals surface area contributed by atoms with Gasteiger partial charge in [-0.05, 0) is 57.8 Å². The number of ether oxygens (including phenoxy) is 2. The molecule has 6 heteroatoms. The van der Waals surface area contributed by atoms with Crippen molar-refractivity contribution in [2.45, 2.75) is 45.4 Å². The highest BCUT2D eigenvalue weighted by Crippen LogP contribution is 2.23. The van der Waals surface area contributed by atoms with Gasteiger partial charge < -0.3 is 9.47 Å². The van der Waals surface area contributed by atoms with E-state index in [2.05, 4.69) is 28.9 Å². The predicted octanol–water partition coefficient (Wildman–Crippen LogP) is 5.25. The second-order valence-electron chi connectivity index (χ2n) is 8.43. The monoisotopic (exact) mass is 465 g/mol. The summed E-state index contributed by atoms with van der Waals surface area (Å²) in [5.41, 5.74) is 4.15. The molecule has 0 fully saturated rings. The maximum absolute atomic E-state index is 12.9. The van der Waals surface area contributed by atoms with Crippen molar-refractivity contribution in [1.29, 1.82) is 0 Å². The van der Waals surface area contributed by atoms with E-state index in [1.807, 2.05) is 61.7 Å². The summed E-state index contributed by atoms with van der Waals surface area (Å²) in [6.45, 7) is 4.27. The fourth-order valence-electron chi connectivity index (χ4n) is 3.67. The summed E-state index contributed by atoms with van der Waals surface area (Å²) in [4.78, 5) is 25.5. The molecule has 1 unspecified atom stereocenters. The Kier molecular flexibility index (Phi) is 9.22. The summed E-state index contributed by atoms with van der Waals surface area (Å²) >= 11 is 1.65. The molecule has 0 aliphatic carbocycles. The topological polar surface area (TPSA) is 64.6 Å². The van der Waals surface area contributed by atoms with Gasteiger partial charge in [0.2, 0.25) is 0 Å². The van der Waals surface area contributed by atoms with E-state index in [0.717, 1.165) is 22.3 Å². The number of hydrogen-bond acceptors (Lipinski definition) is 6. The van der Waals surface area contributed by atoms with Crippen LogP contribution in [-0.2, 0) is 32.1 Å². The molecular formula is C27H31NO4S. The van der Waals surface area contributed by atoms with Gasteiger partial charge in [0.05, 0.1) is 7.11 Å². The van der Waals surface area contributed by atoms with Gasteiger partial charge in [-0.1, -0.05) is 68.4 Å². The molecule has 0 aliphatic heterocycles. The van der Waals surface area contributed by atoms with Crippen molar-refractivity contribution in [2.75, 3.05) is 7.11 Å². The van der Waals surface area contributed by atoms with E-state index >= 15 is 0 Å². The molecule has 174 valence electrons. The third-order valence-corrected chi connectivity index (χ3v) is 6.01. The van der Waals surface area contributed by atoms with Crippen molar-refractivity contribution in [1.82, 2.24) is 5.32 Å². The molecule has 0 radical (unpaired) electrons. The van der Waals surface area contributed by atoms with Crippen molar-refractivity contribution in [2.24, 2.45) is 5.92 Å². The molecule has 5 nitrogen and oxygen atoms in total. The molecule has 3 aromatic rings. The second-order valence-corrected chi connectivity index (χ2v) is 9.21. The van der Waals surface area contributed by atoms with Crippen molar-refractivity contribution in [3.8, 4) is 11.1 Å². The van der Waals surface area contributed by atoms with Crippen molar-refractivity contribution in [3.05, 3.63) is 82.6 Å². The summed E-state index contributed by atoms with van der Waals surface area (Å²) < 4.78 is 10.6. The number of carbonyl (C=O) groups is 2. The van der Waals surface area contributed by atoms with Crippen LogP contribution in [0, 0.1) is 5.92 Å². The first-order chi connectivity index (χ1) is 16.0. The summed E-state index contributed by atoms with van der Waals surface area (Å²) in [5.74, 6) is -0.527. The molecule has 3 rings (SSSR count). The fourth-order valence-corrected chi connectivity index (χ4v) is 4.34. The quantitative estimate of drug-likeness (QED) is 0.392. The molecule has 0 spiro atoms. The minimum absolute atomic E-state index is 0.196. The number of thiophene rings is 1. The Morgan fingerprint density at radius 2 is 1.67 bits per heavy atom. The van der Waals surface area contributed by atoms with Gasteiger partial charge in [-0.25, -0.2) is 0 Å². The Hall–Kier alpha value is -2.96. The molecule has 0 saturated heterocycles. The Balaban J connectivity index is 1.73. The summed E-state index contributed by atoms with van der Waals surface area (Å²) in [6.07, 6.45) is 0.960. The first kappa shape index (κ1) is 24.7. The average Bonchev–Trinajstić information content (AvgIpc) is 3.37. The molecule has 0 aliphatic rings. The van der Waals surface area contributed by atoms with Crippen LogP contribution >= 0.6 is 11.3 Å². The normalized spacial score (nSPS) is 12.8. The van der Waals surface area contributed by atoms with E-state index in [1.165, 1.54) is 7.11 Å². The standard InChI is InChI=1S/C27H31NO4S/c1-19(2)14-24(27(30)32-17-20-8-5-4-6-9-20)28-25(26(29)31-3)16-21-10-7-11-22(15-21)23-12-13-33-18-23/h4-13,15,18-19,24-25,28H,14,16-17H2,1-3H3/t24-,25?/m0/s1. The molecule has 2 aromatic carbocycles. The molecule has 2 atom stereocenters. The van der Waals surface area contributed by atoms with E-state index in [1.54, 1.807) is 11.3 Å². The van der Waals surface area contributed by atoms with Crippen LogP contribution in [0.3, 0.4) is 0 Å². The zero-order valence-electron chi connectivity index (χ0n) is 19.3. The Bertz CT molecular complexity index is 1020. The van der Waals surface area contributed by atoms with Crippen LogP contribution in [0.2, 0.25) is 0 Å². The Morgan fingerprint density at radius 1 is 0.909 bits per heavy atom. The molecule has 33 heavy (non-hydrogen) atoms. The third kappa shape index (κ3) is 7.55. The van der Waals surface area contributed by atoms with Gasteiger partial charge in [0.15, 0.2) is 0 Å². The Morgan fingerprint density at radius 3 is 2.33 bits per heavy atom. The SMILES string of the molecule is COC(=O)C(Cc1cccc(-c2ccsc2)c1)N[C@@H](CC(C)C)C(=O)OCc1ccccc1. The highest BCUT2D eigenvalue weighted by molar-refractivity contribution is 7.08. The van der Waals surface area contributed by atoms with Crippen LogP contribution in [-0.4, -0.2) is 31.1 Å². The van der Waals surface area contributed by atoms with Gasteiger partial charge in [-0.2, -0.15) is 11.3 Å². The summed E-state index contributed by atoms with van der Waals surface area (Å²) in [6, 6.07) is 18.4. The first-order valence-electron chi connectivity index (χ1n) is 11.1.